The smallest absolute Gasteiger partial charge is 0.222 e. The average molecular weight is 284 g/mol. The molecule has 20 heavy (non-hydrogen) atoms. The summed E-state index contributed by atoms with van der Waals surface area (Å²) >= 11 is 0. The number of carbonyl (C=O) groups is 1. The van der Waals surface area contributed by atoms with Gasteiger partial charge in [-0.1, -0.05) is 34.6 Å². The minimum Gasteiger partial charge on any atom is -0.375 e. The van der Waals surface area contributed by atoms with Crippen LogP contribution in [0.15, 0.2) is 0 Å². The van der Waals surface area contributed by atoms with E-state index in [0.717, 1.165) is 25.9 Å². The zero-order valence-corrected chi connectivity index (χ0v) is 13.8. The van der Waals surface area contributed by atoms with E-state index in [1.54, 1.807) is 0 Å². The SMILES string of the molecule is CC(C)CC[C@@H](NC(=O)C[C@H]1CNCCO1)C(C)(C)C. The first-order chi connectivity index (χ1) is 9.29. The van der Waals surface area contributed by atoms with Gasteiger partial charge in [0.2, 0.25) is 5.91 Å². The quantitative estimate of drug-likeness (QED) is 0.787. The number of nitrogens with one attached hydrogen (secondary N) is 2. The predicted molar refractivity (Wildman–Crippen MR) is 82.7 cm³/mol. The van der Waals surface area contributed by atoms with Crippen LogP contribution in [0.5, 0.6) is 0 Å². The lowest BCUT2D eigenvalue weighted by Gasteiger charge is -2.33. The second-order valence-corrected chi connectivity index (χ2v) is 7.36. The Morgan fingerprint density at radius 1 is 1.35 bits per heavy atom. The molecule has 0 aliphatic carbocycles. The number of morpholine rings is 1. The summed E-state index contributed by atoms with van der Waals surface area (Å²) in [5.74, 6) is 0.782. The molecule has 0 spiro atoms. The fourth-order valence-electron chi connectivity index (χ4n) is 2.43. The molecule has 1 fully saturated rings. The topological polar surface area (TPSA) is 50.4 Å². The van der Waals surface area contributed by atoms with Crippen LogP contribution in [-0.2, 0) is 9.53 Å². The first-order valence-corrected chi connectivity index (χ1v) is 7.90. The average Bonchev–Trinajstić information content (AvgIpc) is 2.34. The van der Waals surface area contributed by atoms with Gasteiger partial charge < -0.3 is 15.4 Å². The Morgan fingerprint density at radius 3 is 2.55 bits per heavy atom. The highest BCUT2D eigenvalue weighted by atomic mass is 16.5. The Bertz CT molecular complexity index is 291. The van der Waals surface area contributed by atoms with Crippen molar-refractivity contribution in [2.75, 3.05) is 19.7 Å². The van der Waals surface area contributed by atoms with Crippen molar-refractivity contribution in [2.24, 2.45) is 11.3 Å². The Kier molecular flexibility index (Phi) is 6.96. The second kappa shape index (κ2) is 7.99. The number of hydrogen-bond donors (Lipinski definition) is 2. The molecule has 118 valence electrons. The maximum absolute atomic E-state index is 12.2. The van der Waals surface area contributed by atoms with Crippen LogP contribution in [0.3, 0.4) is 0 Å². The molecule has 2 atom stereocenters. The number of rotatable bonds is 6. The first-order valence-electron chi connectivity index (χ1n) is 7.90. The molecule has 0 saturated carbocycles. The zero-order valence-electron chi connectivity index (χ0n) is 13.8. The Morgan fingerprint density at radius 2 is 2.05 bits per heavy atom. The normalized spacial score (nSPS) is 21.8. The standard InChI is InChI=1S/C16H32N2O2/c1-12(2)6-7-14(16(3,4)5)18-15(19)10-13-11-17-8-9-20-13/h12-14,17H,6-11H2,1-5H3,(H,18,19)/t13-,14+/m0/s1. The lowest BCUT2D eigenvalue weighted by atomic mass is 9.82. The van der Waals surface area contributed by atoms with E-state index in [1.165, 1.54) is 0 Å². The van der Waals surface area contributed by atoms with E-state index >= 15 is 0 Å². The van der Waals surface area contributed by atoms with Crippen LogP contribution < -0.4 is 10.6 Å². The van der Waals surface area contributed by atoms with Crippen LogP contribution in [0.4, 0.5) is 0 Å². The molecule has 0 radical (unpaired) electrons. The zero-order chi connectivity index (χ0) is 15.2. The van der Waals surface area contributed by atoms with Gasteiger partial charge in [0.15, 0.2) is 0 Å². The molecule has 0 aromatic heterocycles. The lowest BCUT2D eigenvalue weighted by Crippen LogP contribution is -2.47. The van der Waals surface area contributed by atoms with Crippen LogP contribution >= 0.6 is 0 Å². The van der Waals surface area contributed by atoms with Crippen LogP contribution in [0.25, 0.3) is 0 Å². The van der Waals surface area contributed by atoms with Gasteiger partial charge in [-0.2, -0.15) is 0 Å². The van der Waals surface area contributed by atoms with E-state index in [0.29, 0.717) is 18.9 Å². The monoisotopic (exact) mass is 284 g/mol. The molecular weight excluding hydrogens is 252 g/mol. The maximum Gasteiger partial charge on any atom is 0.222 e. The molecule has 4 nitrogen and oxygen atoms in total. The van der Waals surface area contributed by atoms with Gasteiger partial charge in [0.25, 0.3) is 0 Å². The van der Waals surface area contributed by atoms with Crippen LogP contribution in [0.2, 0.25) is 0 Å². The molecule has 1 amide bonds. The van der Waals surface area contributed by atoms with Crippen molar-refractivity contribution in [1.82, 2.24) is 10.6 Å². The van der Waals surface area contributed by atoms with Gasteiger partial charge in [-0.3, -0.25) is 4.79 Å². The molecule has 1 aliphatic rings. The van der Waals surface area contributed by atoms with Gasteiger partial charge in [-0.15, -0.1) is 0 Å². The molecule has 0 unspecified atom stereocenters. The van der Waals surface area contributed by atoms with Crippen molar-refractivity contribution < 1.29 is 9.53 Å². The van der Waals surface area contributed by atoms with Gasteiger partial charge in [0, 0.05) is 19.1 Å². The summed E-state index contributed by atoms with van der Waals surface area (Å²) < 4.78 is 5.59. The largest absolute Gasteiger partial charge is 0.375 e. The minimum atomic E-state index is 0.0227. The van der Waals surface area contributed by atoms with Gasteiger partial charge in [0.1, 0.15) is 0 Å². The third kappa shape index (κ3) is 6.71. The minimum absolute atomic E-state index is 0.0227. The molecule has 1 heterocycles. The van der Waals surface area contributed by atoms with E-state index in [1.807, 2.05) is 0 Å². The van der Waals surface area contributed by atoms with Crippen molar-refractivity contribution in [1.29, 1.82) is 0 Å². The highest BCUT2D eigenvalue weighted by molar-refractivity contribution is 5.76. The summed E-state index contributed by atoms with van der Waals surface area (Å²) in [5, 5.41) is 6.47. The van der Waals surface area contributed by atoms with Gasteiger partial charge in [-0.25, -0.2) is 0 Å². The lowest BCUT2D eigenvalue weighted by molar-refractivity contribution is -0.126. The summed E-state index contributed by atoms with van der Waals surface area (Å²) in [7, 11) is 0. The Hall–Kier alpha value is -0.610. The molecule has 0 aromatic carbocycles. The highest BCUT2D eigenvalue weighted by Crippen LogP contribution is 2.24. The van der Waals surface area contributed by atoms with Crippen LogP contribution in [0, 0.1) is 11.3 Å². The molecule has 0 bridgehead atoms. The van der Waals surface area contributed by atoms with Gasteiger partial charge in [-0.05, 0) is 24.2 Å². The van der Waals surface area contributed by atoms with Crippen LogP contribution in [-0.4, -0.2) is 37.7 Å². The fourth-order valence-corrected chi connectivity index (χ4v) is 2.43. The van der Waals surface area contributed by atoms with E-state index < -0.39 is 0 Å². The van der Waals surface area contributed by atoms with E-state index in [-0.39, 0.29) is 23.5 Å². The number of ether oxygens (including phenoxy) is 1. The van der Waals surface area contributed by atoms with Crippen molar-refractivity contribution >= 4 is 5.91 Å². The van der Waals surface area contributed by atoms with E-state index in [2.05, 4.69) is 45.3 Å². The summed E-state index contributed by atoms with van der Waals surface area (Å²) in [4.78, 5) is 12.2. The third-order valence-corrected chi connectivity index (χ3v) is 3.83. The van der Waals surface area contributed by atoms with Crippen molar-refractivity contribution in [3.05, 3.63) is 0 Å². The van der Waals surface area contributed by atoms with Crippen molar-refractivity contribution in [3.63, 3.8) is 0 Å². The molecule has 4 heteroatoms. The predicted octanol–water partition coefficient (Wildman–Crippen LogP) is 2.33. The Balaban J connectivity index is 2.44. The molecule has 1 saturated heterocycles. The summed E-state index contributed by atoms with van der Waals surface area (Å²) in [6, 6.07) is 0.231. The van der Waals surface area contributed by atoms with Crippen molar-refractivity contribution in [3.8, 4) is 0 Å². The van der Waals surface area contributed by atoms with E-state index in [4.69, 9.17) is 4.74 Å². The second-order valence-electron chi connectivity index (χ2n) is 7.36. The molecule has 2 N–H and O–H groups in total. The third-order valence-electron chi connectivity index (χ3n) is 3.83. The number of amides is 1. The molecular formula is C16H32N2O2. The van der Waals surface area contributed by atoms with Gasteiger partial charge >= 0.3 is 0 Å². The maximum atomic E-state index is 12.2. The molecule has 0 aromatic rings. The van der Waals surface area contributed by atoms with Crippen LogP contribution in [0.1, 0.15) is 53.9 Å². The highest BCUT2D eigenvalue weighted by Gasteiger charge is 2.27. The summed E-state index contributed by atoms with van der Waals surface area (Å²) in [5.41, 5.74) is 0.0935. The fraction of sp³-hybridized carbons (Fsp3) is 0.938. The summed E-state index contributed by atoms with van der Waals surface area (Å²) in [6.45, 7) is 13.4. The number of hydrogen-bond acceptors (Lipinski definition) is 3. The van der Waals surface area contributed by atoms with Gasteiger partial charge in [0.05, 0.1) is 19.1 Å². The summed E-state index contributed by atoms with van der Waals surface area (Å²) in [6.07, 6.45) is 2.66. The Labute approximate surface area is 124 Å². The molecule has 1 aliphatic heterocycles. The first kappa shape index (κ1) is 17.4. The van der Waals surface area contributed by atoms with E-state index in [9.17, 15) is 4.79 Å². The molecule has 1 rings (SSSR count). The number of carbonyl (C=O) groups excluding carboxylic acids is 1. The van der Waals surface area contributed by atoms with Crippen molar-refractivity contribution in [2.45, 2.75) is 66.0 Å².